The van der Waals surface area contributed by atoms with E-state index in [2.05, 4.69) is 17.9 Å². The Morgan fingerprint density at radius 3 is 2.82 bits per heavy atom. The van der Waals surface area contributed by atoms with Crippen molar-refractivity contribution in [3.63, 3.8) is 0 Å². The molecule has 1 aliphatic heterocycles. The smallest absolute Gasteiger partial charge is 0.224 e. The first-order chi connectivity index (χ1) is 8.24. The molecule has 4 heteroatoms. The van der Waals surface area contributed by atoms with Gasteiger partial charge in [0.15, 0.2) is 0 Å². The predicted molar refractivity (Wildman–Crippen MR) is 69.4 cm³/mol. The molecular weight excluding hydrogens is 234 g/mol. The molecule has 0 spiro atoms. The molecule has 2 rings (SSSR count). The van der Waals surface area contributed by atoms with Crippen molar-refractivity contribution in [2.75, 3.05) is 13.2 Å². The van der Waals surface area contributed by atoms with Crippen LogP contribution in [-0.2, 0) is 16.0 Å². The molecule has 1 amide bonds. The topological polar surface area (TPSA) is 38.3 Å². The number of carbonyl (C=O) groups excluding carboxylic acids is 1. The largest absolute Gasteiger partial charge is 0.376 e. The van der Waals surface area contributed by atoms with Crippen LogP contribution in [0.4, 0.5) is 0 Å². The van der Waals surface area contributed by atoms with Crippen LogP contribution in [0, 0.1) is 0 Å². The molecule has 1 N–H and O–H groups in total. The van der Waals surface area contributed by atoms with Crippen LogP contribution < -0.4 is 5.32 Å². The maximum Gasteiger partial charge on any atom is 0.224 e. The van der Waals surface area contributed by atoms with Crippen molar-refractivity contribution in [1.82, 2.24) is 5.32 Å². The number of nitrogens with one attached hydrogen (secondary N) is 1. The number of benzene rings is 1. The fraction of sp³-hybridized carbons (Fsp3) is 0.462. The Bertz CT molecular complexity index is 372. The average Bonchev–Trinajstić information content (AvgIpc) is 2.83. The van der Waals surface area contributed by atoms with Crippen LogP contribution in [0.2, 0.25) is 0 Å². The van der Waals surface area contributed by atoms with Gasteiger partial charge in [-0.25, -0.2) is 0 Å². The summed E-state index contributed by atoms with van der Waals surface area (Å²) in [6.07, 6.45) is 2.78. The van der Waals surface area contributed by atoms with Crippen LogP contribution >= 0.6 is 12.6 Å². The maximum absolute atomic E-state index is 11.7. The Morgan fingerprint density at radius 1 is 1.41 bits per heavy atom. The molecule has 0 aromatic heterocycles. The third kappa shape index (κ3) is 4.06. The van der Waals surface area contributed by atoms with E-state index in [0.717, 1.165) is 29.9 Å². The van der Waals surface area contributed by atoms with Crippen LogP contribution in [0.5, 0.6) is 0 Å². The summed E-state index contributed by atoms with van der Waals surface area (Å²) in [7, 11) is 0. The van der Waals surface area contributed by atoms with Gasteiger partial charge < -0.3 is 10.1 Å². The summed E-state index contributed by atoms with van der Waals surface area (Å²) in [6, 6.07) is 7.64. The first-order valence-electron chi connectivity index (χ1n) is 5.90. The molecule has 1 aromatic rings. The van der Waals surface area contributed by atoms with Crippen molar-refractivity contribution in [3.05, 3.63) is 29.8 Å². The minimum Gasteiger partial charge on any atom is -0.376 e. The second-order valence-corrected chi connectivity index (χ2v) is 4.80. The minimum atomic E-state index is 0.0485. The van der Waals surface area contributed by atoms with E-state index >= 15 is 0 Å². The van der Waals surface area contributed by atoms with Gasteiger partial charge in [0.05, 0.1) is 12.5 Å². The van der Waals surface area contributed by atoms with E-state index in [1.807, 2.05) is 24.3 Å². The van der Waals surface area contributed by atoms with Crippen molar-refractivity contribution in [2.24, 2.45) is 0 Å². The molecule has 17 heavy (non-hydrogen) atoms. The van der Waals surface area contributed by atoms with Crippen molar-refractivity contribution in [3.8, 4) is 0 Å². The Hall–Kier alpha value is -1.00. The number of carbonyl (C=O) groups is 1. The lowest BCUT2D eigenvalue weighted by atomic mass is 10.1. The van der Waals surface area contributed by atoms with Crippen molar-refractivity contribution >= 4 is 18.5 Å². The highest BCUT2D eigenvalue weighted by atomic mass is 32.1. The van der Waals surface area contributed by atoms with Crippen LogP contribution in [0.1, 0.15) is 18.4 Å². The molecule has 0 bridgehead atoms. The molecule has 1 saturated heterocycles. The lowest BCUT2D eigenvalue weighted by Crippen LogP contribution is -2.32. The van der Waals surface area contributed by atoms with Crippen molar-refractivity contribution in [1.29, 1.82) is 0 Å². The van der Waals surface area contributed by atoms with Gasteiger partial charge in [0, 0.05) is 18.0 Å². The fourth-order valence-corrected chi connectivity index (χ4v) is 2.04. The van der Waals surface area contributed by atoms with E-state index in [9.17, 15) is 4.79 Å². The Morgan fingerprint density at radius 2 is 2.18 bits per heavy atom. The molecule has 3 nitrogen and oxygen atoms in total. The van der Waals surface area contributed by atoms with E-state index in [0.29, 0.717) is 13.0 Å². The maximum atomic E-state index is 11.7. The van der Waals surface area contributed by atoms with Gasteiger partial charge in [-0.15, -0.1) is 12.6 Å². The third-order valence-corrected chi connectivity index (χ3v) is 3.15. The Balaban J connectivity index is 1.74. The van der Waals surface area contributed by atoms with Gasteiger partial charge in [-0.3, -0.25) is 4.79 Å². The SMILES string of the molecule is O=C(Cc1ccc(S)cc1)NCC1CCCO1. The van der Waals surface area contributed by atoms with Gasteiger partial charge >= 0.3 is 0 Å². The molecule has 0 saturated carbocycles. The number of hydrogen-bond donors (Lipinski definition) is 2. The first-order valence-corrected chi connectivity index (χ1v) is 6.35. The van der Waals surface area contributed by atoms with E-state index in [1.165, 1.54) is 0 Å². The van der Waals surface area contributed by atoms with E-state index in [1.54, 1.807) is 0 Å². The molecule has 1 atom stereocenters. The highest BCUT2D eigenvalue weighted by Crippen LogP contribution is 2.11. The number of hydrogen-bond acceptors (Lipinski definition) is 3. The van der Waals surface area contributed by atoms with Gasteiger partial charge in [0.2, 0.25) is 5.91 Å². The minimum absolute atomic E-state index is 0.0485. The number of rotatable bonds is 4. The van der Waals surface area contributed by atoms with Gasteiger partial charge in [-0.2, -0.15) is 0 Å². The molecule has 1 unspecified atom stereocenters. The van der Waals surface area contributed by atoms with Crippen LogP contribution in [0.25, 0.3) is 0 Å². The lowest BCUT2D eigenvalue weighted by molar-refractivity contribution is -0.120. The molecule has 1 heterocycles. The second kappa shape index (κ2) is 6.07. The van der Waals surface area contributed by atoms with E-state index in [-0.39, 0.29) is 12.0 Å². The Kier molecular flexibility index (Phi) is 4.45. The molecule has 0 radical (unpaired) electrons. The van der Waals surface area contributed by atoms with Gasteiger partial charge in [-0.05, 0) is 30.5 Å². The van der Waals surface area contributed by atoms with Crippen LogP contribution in [0.3, 0.4) is 0 Å². The molecule has 0 aliphatic carbocycles. The van der Waals surface area contributed by atoms with Crippen LogP contribution in [0.15, 0.2) is 29.2 Å². The average molecular weight is 251 g/mol. The summed E-state index contributed by atoms with van der Waals surface area (Å²) in [5, 5.41) is 2.90. The molecule has 1 aromatic carbocycles. The molecule has 1 aliphatic rings. The zero-order chi connectivity index (χ0) is 12.1. The van der Waals surface area contributed by atoms with E-state index in [4.69, 9.17) is 4.74 Å². The van der Waals surface area contributed by atoms with E-state index < -0.39 is 0 Å². The Labute approximate surface area is 107 Å². The van der Waals surface area contributed by atoms with Crippen molar-refractivity contribution < 1.29 is 9.53 Å². The first kappa shape index (κ1) is 12.5. The zero-order valence-electron chi connectivity index (χ0n) is 9.69. The highest BCUT2D eigenvalue weighted by molar-refractivity contribution is 7.80. The summed E-state index contributed by atoms with van der Waals surface area (Å²) in [4.78, 5) is 12.6. The monoisotopic (exact) mass is 251 g/mol. The highest BCUT2D eigenvalue weighted by Gasteiger charge is 2.15. The summed E-state index contributed by atoms with van der Waals surface area (Å²) < 4.78 is 5.44. The normalized spacial score (nSPS) is 19.2. The predicted octanol–water partition coefficient (Wildman–Crippen LogP) is 1.81. The summed E-state index contributed by atoms with van der Waals surface area (Å²) >= 11 is 4.21. The number of amides is 1. The second-order valence-electron chi connectivity index (χ2n) is 4.28. The molecular formula is C13H17NO2S. The van der Waals surface area contributed by atoms with Crippen LogP contribution in [-0.4, -0.2) is 25.2 Å². The molecule has 92 valence electrons. The number of thiol groups is 1. The quantitative estimate of drug-likeness (QED) is 0.801. The van der Waals surface area contributed by atoms with Gasteiger partial charge in [0.1, 0.15) is 0 Å². The van der Waals surface area contributed by atoms with Crippen molar-refractivity contribution in [2.45, 2.75) is 30.3 Å². The lowest BCUT2D eigenvalue weighted by Gasteiger charge is -2.10. The summed E-state index contributed by atoms with van der Waals surface area (Å²) in [5.41, 5.74) is 1.01. The fourth-order valence-electron chi connectivity index (χ4n) is 1.89. The zero-order valence-corrected chi connectivity index (χ0v) is 10.6. The van der Waals surface area contributed by atoms with Gasteiger partial charge in [-0.1, -0.05) is 12.1 Å². The summed E-state index contributed by atoms with van der Waals surface area (Å²) in [5.74, 6) is 0.0485. The molecule has 1 fully saturated rings. The van der Waals surface area contributed by atoms with Gasteiger partial charge in [0.25, 0.3) is 0 Å². The summed E-state index contributed by atoms with van der Waals surface area (Å²) in [6.45, 7) is 1.45. The standard InChI is InChI=1S/C13H17NO2S/c15-13(14-9-11-2-1-7-16-11)8-10-3-5-12(17)6-4-10/h3-6,11,17H,1-2,7-9H2,(H,14,15). The number of ether oxygens (including phenoxy) is 1. The third-order valence-electron chi connectivity index (χ3n) is 2.85.